The number of aryl methyl sites for hydroxylation is 1. The van der Waals surface area contributed by atoms with Gasteiger partial charge in [-0.15, -0.1) is 0 Å². The average molecular weight is 276 g/mol. The molecule has 1 N–H and O–H groups in total. The molecule has 108 valence electrons. The van der Waals surface area contributed by atoms with Gasteiger partial charge in [0.15, 0.2) is 0 Å². The zero-order valence-electron chi connectivity index (χ0n) is 12.1. The molecule has 1 amide bonds. The van der Waals surface area contributed by atoms with Crippen LogP contribution in [0.25, 0.3) is 0 Å². The summed E-state index contributed by atoms with van der Waals surface area (Å²) in [6, 6.07) is 1.87. The molecule has 0 aliphatic carbocycles. The number of hydrogen-bond donors (Lipinski definition) is 1. The maximum Gasteiger partial charge on any atom is 0.246 e. The second-order valence-electron chi connectivity index (χ2n) is 5.00. The summed E-state index contributed by atoms with van der Waals surface area (Å²) in [5, 5.41) is 11.2. The lowest BCUT2D eigenvalue weighted by Gasteiger charge is -2.08. The van der Waals surface area contributed by atoms with Crippen molar-refractivity contribution < 1.29 is 4.79 Å². The Balaban J connectivity index is 1.85. The maximum absolute atomic E-state index is 11.8. The van der Waals surface area contributed by atoms with Crippen LogP contribution in [0.4, 0.5) is 5.69 Å². The third kappa shape index (κ3) is 4.20. The number of amides is 1. The second-order valence-corrected chi connectivity index (χ2v) is 5.00. The highest BCUT2D eigenvalue weighted by Crippen LogP contribution is 2.05. The predicted octanol–water partition coefficient (Wildman–Crippen LogP) is 0.588. The molecular weight excluding hydrogens is 256 g/mol. The number of carbonyl (C=O) groups excluding carboxylic acids is 1. The molecule has 0 spiro atoms. The van der Waals surface area contributed by atoms with Gasteiger partial charge in [0.1, 0.15) is 6.54 Å². The highest BCUT2D eigenvalue weighted by Gasteiger charge is 2.06. The van der Waals surface area contributed by atoms with E-state index in [4.69, 9.17) is 0 Å². The molecule has 2 aromatic heterocycles. The largest absolute Gasteiger partial charge is 0.322 e. The fraction of sp³-hybridized carbons (Fsp3) is 0.462. The lowest BCUT2D eigenvalue weighted by Crippen LogP contribution is -2.19. The van der Waals surface area contributed by atoms with Gasteiger partial charge in [0.25, 0.3) is 0 Å². The van der Waals surface area contributed by atoms with E-state index in [1.807, 2.05) is 38.0 Å². The van der Waals surface area contributed by atoms with Gasteiger partial charge in [0, 0.05) is 18.9 Å². The second kappa shape index (κ2) is 6.33. The van der Waals surface area contributed by atoms with Crippen LogP contribution in [0.5, 0.6) is 0 Å². The minimum absolute atomic E-state index is 0.111. The van der Waals surface area contributed by atoms with E-state index in [1.54, 1.807) is 17.1 Å². The van der Waals surface area contributed by atoms with Crippen LogP contribution >= 0.6 is 0 Å². The van der Waals surface area contributed by atoms with Gasteiger partial charge >= 0.3 is 0 Å². The van der Waals surface area contributed by atoms with E-state index in [-0.39, 0.29) is 12.5 Å². The van der Waals surface area contributed by atoms with Crippen molar-refractivity contribution in [3.63, 3.8) is 0 Å². The smallest absolute Gasteiger partial charge is 0.246 e. The quantitative estimate of drug-likeness (QED) is 0.838. The molecule has 0 saturated carbocycles. The molecule has 7 heteroatoms. The average Bonchev–Trinajstić information content (AvgIpc) is 2.96. The van der Waals surface area contributed by atoms with Crippen LogP contribution in [0.2, 0.25) is 0 Å². The summed E-state index contributed by atoms with van der Waals surface area (Å²) >= 11 is 0. The lowest BCUT2D eigenvalue weighted by molar-refractivity contribution is -0.116. The van der Waals surface area contributed by atoms with Gasteiger partial charge in [-0.2, -0.15) is 10.2 Å². The lowest BCUT2D eigenvalue weighted by atomic mass is 10.5. The number of nitrogens with zero attached hydrogens (tertiary/aromatic N) is 5. The SMILES string of the molecule is Cc1ccn(CC(=O)Nc2cnn(CCN(C)C)c2)n1. The van der Waals surface area contributed by atoms with E-state index >= 15 is 0 Å². The molecule has 0 bridgehead atoms. The molecule has 0 aliphatic heterocycles. The Labute approximate surface area is 118 Å². The van der Waals surface area contributed by atoms with Crippen LogP contribution in [0, 0.1) is 6.92 Å². The topological polar surface area (TPSA) is 68.0 Å². The number of anilines is 1. The molecule has 0 atom stereocenters. The van der Waals surface area contributed by atoms with Crippen LogP contribution in [0.3, 0.4) is 0 Å². The minimum Gasteiger partial charge on any atom is -0.322 e. The molecular formula is C13H20N6O. The van der Waals surface area contributed by atoms with Gasteiger partial charge in [-0.1, -0.05) is 0 Å². The highest BCUT2D eigenvalue weighted by atomic mass is 16.2. The summed E-state index contributed by atoms with van der Waals surface area (Å²) in [5.41, 5.74) is 1.60. The third-order valence-electron chi connectivity index (χ3n) is 2.77. The molecule has 2 aromatic rings. The van der Waals surface area contributed by atoms with Gasteiger partial charge < -0.3 is 10.2 Å². The van der Waals surface area contributed by atoms with Gasteiger partial charge in [-0.05, 0) is 27.1 Å². The van der Waals surface area contributed by atoms with E-state index in [0.717, 1.165) is 18.8 Å². The van der Waals surface area contributed by atoms with Crippen molar-refractivity contribution in [2.45, 2.75) is 20.0 Å². The van der Waals surface area contributed by atoms with Crippen LogP contribution in [0.15, 0.2) is 24.7 Å². The number of aromatic nitrogens is 4. The van der Waals surface area contributed by atoms with Crippen LogP contribution in [0.1, 0.15) is 5.69 Å². The van der Waals surface area contributed by atoms with Crippen molar-refractivity contribution in [1.82, 2.24) is 24.5 Å². The molecule has 0 saturated heterocycles. The van der Waals surface area contributed by atoms with Gasteiger partial charge in [0.2, 0.25) is 5.91 Å². The first-order chi connectivity index (χ1) is 9.52. The molecule has 20 heavy (non-hydrogen) atoms. The van der Waals surface area contributed by atoms with E-state index in [0.29, 0.717) is 5.69 Å². The zero-order chi connectivity index (χ0) is 14.5. The summed E-state index contributed by atoms with van der Waals surface area (Å²) < 4.78 is 3.43. The fourth-order valence-electron chi connectivity index (χ4n) is 1.75. The Morgan fingerprint density at radius 2 is 2.20 bits per heavy atom. The van der Waals surface area contributed by atoms with E-state index in [1.165, 1.54) is 0 Å². The Hall–Kier alpha value is -2.15. The first-order valence-electron chi connectivity index (χ1n) is 6.50. The summed E-state index contributed by atoms with van der Waals surface area (Å²) in [6.07, 6.45) is 5.27. The van der Waals surface area contributed by atoms with E-state index in [2.05, 4.69) is 20.4 Å². The Morgan fingerprint density at radius 3 is 2.85 bits per heavy atom. The van der Waals surface area contributed by atoms with Crippen molar-refractivity contribution in [2.24, 2.45) is 0 Å². The minimum atomic E-state index is -0.111. The number of likely N-dealkylation sites (N-methyl/N-ethyl adjacent to an activating group) is 1. The highest BCUT2D eigenvalue weighted by molar-refractivity contribution is 5.90. The fourth-order valence-corrected chi connectivity index (χ4v) is 1.75. The zero-order valence-corrected chi connectivity index (χ0v) is 12.1. The first kappa shape index (κ1) is 14.3. The predicted molar refractivity (Wildman–Crippen MR) is 76.4 cm³/mol. The Morgan fingerprint density at radius 1 is 1.40 bits per heavy atom. The number of carbonyl (C=O) groups is 1. The molecule has 0 unspecified atom stereocenters. The van der Waals surface area contributed by atoms with Crippen LogP contribution in [-0.4, -0.2) is 51.0 Å². The third-order valence-corrected chi connectivity index (χ3v) is 2.77. The number of rotatable bonds is 6. The van der Waals surface area contributed by atoms with Crippen molar-refractivity contribution in [2.75, 3.05) is 26.0 Å². The van der Waals surface area contributed by atoms with Crippen LogP contribution in [-0.2, 0) is 17.9 Å². The molecule has 0 fully saturated rings. The van der Waals surface area contributed by atoms with Crippen molar-refractivity contribution in [3.8, 4) is 0 Å². The molecule has 2 heterocycles. The molecule has 0 radical (unpaired) electrons. The Kier molecular flexibility index (Phi) is 4.52. The summed E-state index contributed by atoms with van der Waals surface area (Å²) in [7, 11) is 4.02. The molecule has 0 aromatic carbocycles. The summed E-state index contributed by atoms with van der Waals surface area (Å²) in [6.45, 7) is 3.79. The van der Waals surface area contributed by atoms with E-state index in [9.17, 15) is 4.79 Å². The maximum atomic E-state index is 11.8. The van der Waals surface area contributed by atoms with Crippen LogP contribution < -0.4 is 5.32 Å². The standard InChI is InChI=1S/C13H20N6O/c1-11-4-5-19(16-11)10-13(20)15-12-8-14-18(9-12)7-6-17(2)3/h4-5,8-9H,6-7,10H2,1-3H3,(H,15,20). The monoisotopic (exact) mass is 276 g/mol. The van der Waals surface area contributed by atoms with Crippen molar-refractivity contribution >= 4 is 11.6 Å². The number of nitrogens with one attached hydrogen (secondary N) is 1. The Bertz CT molecular complexity index is 571. The van der Waals surface area contributed by atoms with E-state index < -0.39 is 0 Å². The normalized spacial score (nSPS) is 11.0. The molecule has 2 rings (SSSR count). The van der Waals surface area contributed by atoms with Gasteiger partial charge in [0.05, 0.1) is 24.1 Å². The summed E-state index contributed by atoms with van der Waals surface area (Å²) in [5.74, 6) is -0.111. The van der Waals surface area contributed by atoms with Crippen molar-refractivity contribution in [1.29, 1.82) is 0 Å². The molecule has 0 aliphatic rings. The van der Waals surface area contributed by atoms with Gasteiger partial charge in [-0.25, -0.2) is 0 Å². The summed E-state index contributed by atoms with van der Waals surface area (Å²) in [4.78, 5) is 13.9. The molecule has 7 nitrogen and oxygen atoms in total. The van der Waals surface area contributed by atoms with Crippen molar-refractivity contribution in [3.05, 3.63) is 30.4 Å². The first-order valence-corrected chi connectivity index (χ1v) is 6.50. The van der Waals surface area contributed by atoms with Gasteiger partial charge in [-0.3, -0.25) is 14.2 Å². The number of hydrogen-bond acceptors (Lipinski definition) is 4.